The molecule has 0 aliphatic carbocycles. The highest BCUT2D eigenvalue weighted by atomic mass is 16.5. The number of hydrogen-bond acceptors (Lipinski definition) is 5. The van der Waals surface area contributed by atoms with Crippen molar-refractivity contribution < 1.29 is 4.74 Å². The van der Waals surface area contributed by atoms with Crippen LogP contribution in [0.4, 0.5) is 11.5 Å². The molecule has 2 aromatic rings. The van der Waals surface area contributed by atoms with Crippen molar-refractivity contribution in [1.82, 2.24) is 9.13 Å². The molecule has 3 rings (SSSR count). The molecule has 0 bridgehead atoms. The maximum Gasteiger partial charge on any atom is 0.332 e. The fourth-order valence-electron chi connectivity index (χ4n) is 3.66. The van der Waals surface area contributed by atoms with E-state index in [1.165, 1.54) is 14.7 Å². The van der Waals surface area contributed by atoms with Gasteiger partial charge in [0.1, 0.15) is 11.5 Å². The molecule has 0 atom stereocenters. The molecule has 158 valence electrons. The van der Waals surface area contributed by atoms with Gasteiger partial charge in [-0.1, -0.05) is 52.0 Å². The van der Waals surface area contributed by atoms with E-state index in [0.717, 1.165) is 12.0 Å². The summed E-state index contributed by atoms with van der Waals surface area (Å²) >= 11 is 0. The Morgan fingerprint density at radius 1 is 1.03 bits per heavy atom. The first kappa shape index (κ1) is 21.2. The maximum atomic E-state index is 13.3. The lowest BCUT2D eigenvalue weighted by molar-refractivity contribution is 0.122. The lowest BCUT2D eigenvalue weighted by atomic mass is 9.87. The molecule has 1 aliphatic rings. The Morgan fingerprint density at radius 3 is 2.21 bits per heavy atom. The van der Waals surface area contributed by atoms with Crippen molar-refractivity contribution in [1.29, 1.82) is 0 Å². The molecule has 0 spiro atoms. The van der Waals surface area contributed by atoms with Gasteiger partial charge < -0.3 is 15.4 Å². The minimum Gasteiger partial charge on any atom is -0.383 e. The molecule has 2 N–H and O–H groups in total. The average Bonchev–Trinajstić information content (AvgIpc) is 2.69. The summed E-state index contributed by atoms with van der Waals surface area (Å²) in [6.45, 7) is 11.4. The number of hydrogen-bond donors (Lipinski definition) is 1. The van der Waals surface area contributed by atoms with Crippen LogP contribution in [0.25, 0.3) is 0 Å². The van der Waals surface area contributed by atoms with Gasteiger partial charge >= 0.3 is 5.69 Å². The first-order valence-electron chi connectivity index (χ1n) is 10.3. The van der Waals surface area contributed by atoms with Crippen LogP contribution in [0.15, 0.2) is 33.9 Å². The third kappa shape index (κ3) is 4.40. The number of nitrogens with zero attached hydrogens (tertiary/aromatic N) is 3. The third-order valence-corrected chi connectivity index (χ3v) is 5.38. The van der Waals surface area contributed by atoms with E-state index in [9.17, 15) is 9.59 Å². The SMILES string of the molecule is CCCn1c(N)c(N2CCOCC2)c(=O)n(Cc2ccc(C(C)(C)C)cc2)c1=O. The van der Waals surface area contributed by atoms with E-state index in [1.807, 2.05) is 24.0 Å². The van der Waals surface area contributed by atoms with Crippen molar-refractivity contribution >= 4 is 11.5 Å². The Morgan fingerprint density at radius 2 is 1.66 bits per heavy atom. The first-order valence-corrected chi connectivity index (χ1v) is 10.3. The number of nitrogens with two attached hydrogens (primary N) is 1. The largest absolute Gasteiger partial charge is 0.383 e. The number of morpholine rings is 1. The zero-order valence-electron chi connectivity index (χ0n) is 17.9. The summed E-state index contributed by atoms with van der Waals surface area (Å²) < 4.78 is 8.24. The van der Waals surface area contributed by atoms with Crippen LogP contribution in [0.2, 0.25) is 0 Å². The zero-order chi connectivity index (χ0) is 21.2. The van der Waals surface area contributed by atoms with E-state index in [2.05, 4.69) is 32.9 Å². The predicted octanol–water partition coefficient (Wildman–Crippen LogP) is 2.18. The number of rotatable bonds is 5. The summed E-state index contributed by atoms with van der Waals surface area (Å²) in [7, 11) is 0. The summed E-state index contributed by atoms with van der Waals surface area (Å²) in [5.74, 6) is 0.253. The molecule has 2 heterocycles. The van der Waals surface area contributed by atoms with Gasteiger partial charge in [-0.2, -0.15) is 0 Å². The molecule has 1 saturated heterocycles. The molecule has 0 amide bonds. The van der Waals surface area contributed by atoms with Crippen LogP contribution in [0, 0.1) is 0 Å². The van der Waals surface area contributed by atoms with Gasteiger partial charge in [0.05, 0.1) is 19.8 Å². The number of benzene rings is 1. The van der Waals surface area contributed by atoms with Crippen molar-refractivity contribution in [3.63, 3.8) is 0 Å². The highest BCUT2D eigenvalue weighted by Gasteiger charge is 2.23. The molecule has 1 aromatic heterocycles. The van der Waals surface area contributed by atoms with Gasteiger partial charge in [-0.15, -0.1) is 0 Å². The summed E-state index contributed by atoms with van der Waals surface area (Å²) in [5, 5.41) is 0. The summed E-state index contributed by atoms with van der Waals surface area (Å²) in [5.41, 5.74) is 8.20. The lowest BCUT2D eigenvalue weighted by Crippen LogP contribution is -2.47. The number of ether oxygens (including phenoxy) is 1. The molecule has 7 nitrogen and oxygen atoms in total. The van der Waals surface area contributed by atoms with Crippen LogP contribution in [-0.4, -0.2) is 35.4 Å². The van der Waals surface area contributed by atoms with Crippen LogP contribution < -0.4 is 21.9 Å². The molecule has 1 fully saturated rings. The fourth-order valence-corrected chi connectivity index (χ4v) is 3.66. The van der Waals surface area contributed by atoms with Crippen LogP contribution in [-0.2, 0) is 23.2 Å². The van der Waals surface area contributed by atoms with Gasteiger partial charge in [0.15, 0.2) is 0 Å². The normalized spacial score (nSPS) is 15.0. The molecule has 0 radical (unpaired) electrons. The summed E-state index contributed by atoms with van der Waals surface area (Å²) in [4.78, 5) is 28.3. The van der Waals surface area contributed by atoms with E-state index < -0.39 is 0 Å². The maximum absolute atomic E-state index is 13.3. The predicted molar refractivity (Wildman–Crippen MR) is 117 cm³/mol. The molecule has 1 aromatic carbocycles. The quantitative estimate of drug-likeness (QED) is 0.832. The van der Waals surface area contributed by atoms with E-state index in [1.54, 1.807) is 0 Å². The number of anilines is 2. The number of nitrogen functional groups attached to an aromatic ring is 1. The smallest absolute Gasteiger partial charge is 0.332 e. The van der Waals surface area contributed by atoms with E-state index in [0.29, 0.717) is 38.5 Å². The van der Waals surface area contributed by atoms with E-state index in [-0.39, 0.29) is 29.0 Å². The minimum absolute atomic E-state index is 0.0495. The Balaban J connectivity index is 2.06. The zero-order valence-corrected chi connectivity index (χ0v) is 17.9. The van der Waals surface area contributed by atoms with Gasteiger partial charge in [0.2, 0.25) is 0 Å². The van der Waals surface area contributed by atoms with Crippen molar-refractivity contribution in [2.75, 3.05) is 36.9 Å². The molecule has 1 aliphatic heterocycles. The van der Waals surface area contributed by atoms with Crippen molar-refractivity contribution in [3.8, 4) is 0 Å². The van der Waals surface area contributed by atoms with E-state index >= 15 is 0 Å². The third-order valence-electron chi connectivity index (χ3n) is 5.38. The second kappa shape index (κ2) is 8.45. The first-order chi connectivity index (χ1) is 13.7. The Labute approximate surface area is 171 Å². The Hall–Kier alpha value is -2.54. The second-order valence-electron chi connectivity index (χ2n) is 8.61. The molecular weight excluding hydrogens is 368 g/mol. The highest BCUT2D eigenvalue weighted by molar-refractivity contribution is 5.63. The van der Waals surface area contributed by atoms with Crippen LogP contribution in [0.1, 0.15) is 45.2 Å². The van der Waals surface area contributed by atoms with Crippen molar-refractivity contribution in [2.24, 2.45) is 0 Å². The Bertz CT molecular complexity index is 962. The van der Waals surface area contributed by atoms with Crippen LogP contribution in [0.5, 0.6) is 0 Å². The summed E-state index contributed by atoms with van der Waals surface area (Å²) in [6, 6.07) is 8.10. The molecule has 7 heteroatoms. The molecular formula is C22H32N4O3. The van der Waals surface area contributed by atoms with Gasteiger partial charge in [-0.05, 0) is 23.0 Å². The van der Waals surface area contributed by atoms with Gasteiger partial charge in [-0.25, -0.2) is 4.79 Å². The van der Waals surface area contributed by atoms with Crippen molar-refractivity contribution in [3.05, 3.63) is 56.2 Å². The van der Waals surface area contributed by atoms with Crippen molar-refractivity contribution in [2.45, 2.75) is 52.6 Å². The molecule has 0 saturated carbocycles. The van der Waals surface area contributed by atoms with Crippen LogP contribution in [0.3, 0.4) is 0 Å². The Kier molecular flexibility index (Phi) is 6.17. The highest BCUT2D eigenvalue weighted by Crippen LogP contribution is 2.23. The topological polar surface area (TPSA) is 82.5 Å². The lowest BCUT2D eigenvalue weighted by Gasteiger charge is -2.30. The fraction of sp³-hybridized carbons (Fsp3) is 0.545. The molecule has 29 heavy (non-hydrogen) atoms. The summed E-state index contributed by atoms with van der Waals surface area (Å²) in [6.07, 6.45) is 0.755. The number of aromatic nitrogens is 2. The molecule has 0 unspecified atom stereocenters. The van der Waals surface area contributed by atoms with Gasteiger partial charge in [0, 0.05) is 19.6 Å². The van der Waals surface area contributed by atoms with E-state index in [4.69, 9.17) is 10.5 Å². The average molecular weight is 401 g/mol. The standard InChI is InChI=1S/C22H32N4O3/c1-5-10-25-19(23)18(24-11-13-29-14-12-24)20(27)26(21(25)28)15-16-6-8-17(9-7-16)22(2,3)4/h6-9H,5,10-15,23H2,1-4H3. The van der Waals surface area contributed by atoms with Crippen LogP contribution >= 0.6 is 0 Å². The minimum atomic E-state index is -0.355. The second-order valence-corrected chi connectivity index (χ2v) is 8.61. The van der Waals surface area contributed by atoms with Gasteiger partial charge in [-0.3, -0.25) is 13.9 Å². The van der Waals surface area contributed by atoms with Gasteiger partial charge in [0.25, 0.3) is 5.56 Å². The monoisotopic (exact) mass is 400 g/mol.